The Bertz CT molecular complexity index is 852. The molecule has 0 amide bonds. The molecule has 0 aliphatic rings. The number of carbonyl (C=O) groups is 2. The lowest BCUT2D eigenvalue weighted by atomic mass is 10.0. The predicted octanol–water partition coefficient (Wildman–Crippen LogP) is 3.12. The number of rotatable bonds is 4. The summed E-state index contributed by atoms with van der Waals surface area (Å²) in [5.41, 5.74) is 1.14. The van der Waals surface area contributed by atoms with Crippen LogP contribution in [-0.4, -0.2) is 26.2 Å². The van der Waals surface area contributed by atoms with Gasteiger partial charge in [0, 0.05) is 22.4 Å². The SMILES string of the molecule is Cc1ccc(C(=O)C(=O)c2ccc(S(C)(=O)=O)cc2)cc1Cl. The van der Waals surface area contributed by atoms with Crippen LogP contribution in [0.25, 0.3) is 0 Å². The van der Waals surface area contributed by atoms with Crippen molar-refractivity contribution in [3.8, 4) is 0 Å². The van der Waals surface area contributed by atoms with Gasteiger partial charge in [-0.1, -0.05) is 23.7 Å². The van der Waals surface area contributed by atoms with Crippen LogP contribution in [0.4, 0.5) is 0 Å². The number of halogens is 1. The molecule has 0 spiro atoms. The molecule has 22 heavy (non-hydrogen) atoms. The molecule has 4 nitrogen and oxygen atoms in total. The van der Waals surface area contributed by atoms with Crippen LogP contribution in [-0.2, 0) is 9.84 Å². The number of Topliss-reactive ketones (excluding diaryl/α,β-unsaturated/α-hetero) is 2. The normalized spacial score (nSPS) is 11.2. The number of ketones is 2. The second kappa shape index (κ2) is 6.02. The van der Waals surface area contributed by atoms with Crippen molar-refractivity contribution >= 4 is 33.0 Å². The molecule has 0 saturated heterocycles. The Morgan fingerprint density at radius 2 is 1.41 bits per heavy atom. The Hall–Kier alpha value is -1.98. The Labute approximate surface area is 133 Å². The molecule has 0 aromatic heterocycles. The van der Waals surface area contributed by atoms with Gasteiger partial charge in [-0.3, -0.25) is 9.59 Å². The predicted molar refractivity (Wildman–Crippen MR) is 84.4 cm³/mol. The van der Waals surface area contributed by atoms with Crippen LogP contribution in [0.3, 0.4) is 0 Å². The Kier molecular flexibility index (Phi) is 4.49. The molecule has 2 aromatic rings. The van der Waals surface area contributed by atoms with Crippen molar-refractivity contribution < 1.29 is 18.0 Å². The number of carbonyl (C=O) groups excluding carboxylic acids is 2. The molecule has 6 heteroatoms. The first-order valence-electron chi connectivity index (χ1n) is 6.35. The second-order valence-electron chi connectivity index (χ2n) is 4.92. The van der Waals surface area contributed by atoms with Crippen LogP contribution in [0, 0.1) is 6.92 Å². The summed E-state index contributed by atoms with van der Waals surface area (Å²) in [7, 11) is -3.34. The van der Waals surface area contributed by atoms with Crippen molar-refractivity contribution in [3.05, 3.63) is 64.2 Å². The third-order valence-electron chi connectivity index (χ3n) is 3.18. The quantitative estimate of drug-likeness (QED) is 0.635. The van der Waals surface area contributed by atoms with E-state index in [0.717, 1.165) is 11.8 Å². The summed E-state index contributed by atoms with van der Waals surface area (Å²) >= 11 is 5.95. The van der Waals surface area contributed by atoms with Crippen LogP contribution >= 0.6 is 11.6 Å². The van der Waals surface area contributed by atoms with Crippen LogP contribution in [0.15, 0.2) is 47.4 Å². The standard InChI is InChI=1S/C16H13ClO4S/c1-10-3-4-12(9-14(10)17)16(19)15(18)11-5-7-13(8-6-11)22(2,20)21/h3-9H,1-2H3. The molecular formula is C16H13ClO4S. The number of hydrogen-bond donors (Lipinski definition) is 0. The lowest BCUT2D eigenvalue weighted by Crippen LogP contribution is -2.14. The molecule has 0 heterocycles. The molecule has 0 N–H and O–H groups in total. The van der Waals surface area contributed by atoms with Gasteiger partial charge in [-0.25, -0.2) is 8.42 Å². The zero-order valence-electron chi connectivity index (χ0n) is 12.0. The zero-order valence-corrected chi connectivity index (χ0v) is 13.5. The fraction of sp³-hybridized carbons (Fsp3) is 0.125. The van der Waals surface area contributed by atoms with E-state index in [1.54, 1.807) is 13.0 Å². The summed E-state index contributed by atoms with van der Waals surface area (Å²) in [6, 6.07) is 9.90. The highest BCUT2D eigenvalue weighted by atomic mass is 35.5. The summed E-state index contributed by atoms with van der Waals surface area (Å²) in [6.45, 7) is 1.79. The first kappa shape index (κ1) is 16.4. The molecule has 0 aliphatic heterocycles. The van der Waals surface area contributed by atoms with E-state index in [2.05, 4.69) is 0 Å². The van der Waals surface area contributed by atoms with Gasteiger partial charge in [0.25, 0.3) is 0 Å². The van der Waals surface area contributed by atoms with Crippen molar-refractivity contribution in [3.63, 3.8) is 0 Å². The number of hydrogen-bond acceptors (Lipinski definition) is 4. The lowest BCUT2D eigenvalue weighted by Gasteiger charge is -2.04. The Morgan fingerprint density at radius 3 is 1.91 bits per heavy atom. The summed E-state index contributed by atoms with van der Waals surface area (Å²) in [5, 5.41) is 0.408. The molecule has 0 radical (unpaired) electrons. The number of benzene rings is 2. The minimum Gasteiger partial charge on any atom is -0.285 e. The lowest BCUT2D eigenvalue weighted by molar-refractivity contribution is 0.0817. The average Bonchev–Trinajstić information content (AvgIpc) is 2.48. The van der Waals surface area contributed by atoms with Crippen LogP contribution < -0.4 is 0 Å². The highest BCUT2D eigenvalue weighted by Gasteiger charge is 2.19. The van der Waals surface area contributed by atoms with Gasteiger partial charge >= 0.3 is 0 Å². The third kappa shape index (κ3) is 3.43. The van der Waals surface area contributed by atoms with E-state index >= 15 is 0 Å². The van der Waals surface area contributed by atoms with Gasteiger partial charge in [-0.05, 0) is 42.8 Å². The van der Waals surface area contributed by atoms with Gasteiger partial charge in [0.1, 0.15) is 0 Å². The first-order valence-corrected chi connectivity index (χ1v) is 8.62. The van der Waals surface area contributed by atoms with Gasteiger partial charge in [0.05, 0.1) is 4.90 Å². The van der Waals surface area contributed by atoms with E-state index < -0.39 is 21.4 Å². The van der Waals surface area contributed by atoms with Crippen molar-refractivity contribution in [1.82, 2.24) is 0 Å². The molecular weight excluding hydrogens is 324 g/mol. The van der Waals surface area contributed by atoms with Gasteiger partial charge in [-0.2, -0.15) is 0 Å². The highest BCUT2D eigenvalue weighted by Crippen LogP contribution is 2.19. The van der Waals surface area contributed by atoms with Gasteiger partial charge in [0.2, 0.25) is 11.6 Å². The molecule has 0 bridgehead atoms. The average molecular weight is 337 g/mol. The van der Waals surface area contributed by atoms with E-state index in [1.165, 1.54) is 36.4 Å². The summed E-state index contributed by atoms with van der Waals surface area (Å²) in [4.78, 5) is 24.4. The number of aryl methyl sites for hydroxylation is 1. The Balaban J connectivity index is 2.31. The molecule has 2 rings (SSSR count). The fourth-order valence-corrected chi connectivity index (χ4v) is 2.66. The van der Waals surface area contributed by atoms with Crippen molar-refractivity contribution in [2.24, 2.45) is 0 Å². The molecule has 0 fully saturated rings. The maximum Gasteiger partial charge on any atom is 0.233 e. The van der Waals surface area contributed by atoms with Gasteiger partial charge in [-0.15, -0.1) is 0 Å². The third-order valence-corrected chi connectivity index (χ3v) is 4.72. The number of sulfone groups is 1. The summed E-state index contributed by atoms with van der Waals surface area (Å²) in [5.74, 6) is -1.39. The van der Waals surface area contributed by atoms with Crippen LogP contribution in [0.1, 0.15) is 26.3 Å². The van der Waals surface area contributed by atoms with E-state index in [1.807, 2.05) is 0 Å². The monoisotopic (exact) mass is 336 g/mol. The highest BCUT2D eigenvalue weighted by molar-refractivity contribution is 7.90. The first-order chi connectivity index (χ1) is 10.2. The van der Waals surface area contributed by atoms with E-state index in [0.29, 0.717) is 5.02 Å². The van der Waals surface area contributed by atoms with Gasteiger partial charge in [0.15, 0.2) is 9.84 Å². The van der Waals surface area contributed by atoms with E-state index in [-0.39, 0.29) is 16.0 Å². The molecule has 0 unspecified atom stereocenters. The zero-order chi connectivity index (χ0) is 16.5. The largest absolute Gasteiger partial charge is 0.285 e. The summed E-state index contributed by atoms with van der Waals surface area (Å²) in [6.07, 6.45) is 1.07. The smallest absolute Gasteiger partial charge is 0.233 e. The minimum atomic E-state index is -3.34. The van der Waals surface area contributed by atoms with Crippen LogP contribution in [0.5, 0.6) is 0 Å². The van der Waals surface area contributed by atoms with Crippen molar-refractivity contribution in [1.29, 1.82) is 0 Å². The minimum absolute atomic E-state index is 0.0925. The van der Waals surface area contributed by atoms with E-state index in [4.69, 9.17) is 11.6 Å². The second-order valence-corrected chi connectivity index (χ2v) is 7.34. The molecule has 0 atom stereocenters. The molecule has 2 aromatic carbocycles. The molecule has 0 aliphatic carbocycles. The van der Waals surface area contributed by atoms with Gasteiger partial charge < -0.3 is 0 Å². The topological polar surface area (TPSA) is 68.3 Å². The van der Waals surface area contributed by atoms with Crippen molar-refractivity contribution in [2.75, 3.05) is 6.26 Å². The van der Waals surface area contributed by atoms with E-state index in [9.17, 15) is 18.0 Å². The maximum absolute atomic E-state index is 12.2. The molecule has 114 valence electrons. The maximum atomic E-state index is 12.2. The molecule has 0 saturated carbocycles. The summed E-state index contributed by atoms with van der Waals surface area (Å²) < 4.78 is 22.7. The fourth-order valence-electron chi connectivity index (χ4n) is 1.85. The van der Waals surface area contributed by atoms with Crippen LogP contribution in [0.2, 0.25) is 5.02 Å². The van der Waals surface area contributed by atoms with Crippen molar-refractivity contribution in [2.45, 2.75) is 11.8 Å². The Morgan fingerprint density at radius 1 is 0.909 bits per heavy atom.